The van der Waals surface area contributed by atoms with Crippen LogP contribution in [0.3, 0.4) is 0 Å². The van der Waals surface area contributed by atoms with Gasteiger partial charge >= 0.3 is 5.97 Å². The highest BCUT2D eigenvalue weighted by atomic mass is 35.5. The molecule has 0 saturated carbocycles. The lowest BCUT2D eigenvalue weighted by atomic mass is 10.1. The first-order valence-corrected chi connectivity index (χ1v) is 7.30. The number of unbranched alkanes of at least 4 members (excludes halogenated alkanes) is 1. The molecular weight excluding hydrogens is 311 g/mol. The highest BCUT2D eigenvalue weighted by molar-refractivity contribution is 6.30. The highest BCUT2D eigenvalue weighted by Gasteiger charge is 2.18. The van der Waals surface area contributed by atoms with Gasteiger partial charge in [0.05, 0.1) is 12.8 Å². The van der Waals surface area contributed by atoms with Crippen LogP contribution in [-0.2, 0) is 9.53 Å². The van der Waals surface area contributed by atoms with Gasteiger partial charge in [-0.1, -0.05) is 29.3 Å². The van der Waals surface area contributed by atoms with Crippen molar-refractivity contribution < 1.29 is 9.53 Å². The molecule has 0 N–H and O–H groups in total. The first-order chi connectivity index (χ1) is 9.93. The van der Waals surface area contributed by atoms with Gasteiger partial charge in [0.2, 0.25) is 0 Å². The predicted octanol–water partition coefficient (Wildman–Crippen LogP) is 5.28. The number of carbonyl (C=O) groups is 1. The van der Waals surface area contributed by atoms with Crippen LogP contribution in [0.4, 0.5) is 5.69 Å². The second kappa shape index (κ2) is 8.80. The largest absolute Gasteiger partial charge is 0.466 e. The Morgan fingerprint density at radius 2 is 2.05 bits per heavy atom. The number of nitrogens with zero attached hydrogens (tertiary/aromatic N) is 2. The van der Waals surface area contributed by atoms with Gasteiger partial charge in [0.1, 0.15) is 0 Å². The van der Waals surface area contributed by atoms with Gasteiger partial charge in [0.25, 0.3) is 0 Å². The molecule has 0 saturated heterocycles. The molecule has 0 aliphatic rings. The Balaban J connectivity index is 2.41. The zero-order valence-electron chi connectivity index (χ0n) is 12.1. The maximum atomic E-state index is 10.9. The molecule has 0 aromatic heterocycles. The average molecular weight is 329 g/mol. The number of methoxy groups -OCH3 is 1. The van der Waals surface area contributed by atoms with E-state index in [1.165, 1.54) is 13.2 Å². The van der Waals surface area contributed by atoms with E-state index in [-0.39, 0.29) is 5.97 Å². The summed E-state index contributed by atoms with van der Waals surface area (Å²) in [6.45, 7) is 1.80. The van der Waals surface area contributed by atoms with Crippen LogP contribution in [0.2, 0.25) is 5.02 Å². The Bertz CT molecular complexity index is 511. The van der Waals surface area contributed by atoms with Crippen molar-refractivity contribution in [3.05, 3.63) is 41.4 Å². The van der Waals surface area contributed by atoms with E-state index in [9.17, 15) is 4.79 Å². The summed E-state index contributed by atoms with van der Waals surface area (Å²) in [5.74, 6) is -0.355. The number of halogens is 2. The maximum Gasteiger partial charge on any atom is 0.330 e. The smallest absolute Gasteiger partial charge is 0.330 e. The summed E-state index contributed by atoms with van der Waals surface area (Å²) in [6.07, 6.45) is 5.34. The zero-order valence-corrected chi connectivity index (χ0v) is 13.6. The van der Waals surface area contributed by atoms with Crippen molar-refractivity contribution in [2.24, 2.45) is 10.2 Å². The van der Waals surface area contributed by atoms with Crippen molar-refractivity contribution in [3.63, 3.8) is 0 Å². The van der Waals surface area contributed by atoms with E-state index in [1.54, 1.807) is 37.3 Å². The number of azo groups is 1. The Labute approximate surface area is 134 Å². The summed E-state index contributed by atoms with van der Waals surface area (Å²) < 4.78 is 4.50. The minimum atomic E-state index is -0.765. The van der Waals surface area contributed by atoms with E-state index < -0.39 is 5.00 Å². The Morgan fingerprint density at radius 3 is 2.67 bits per heavy atom. The van der Waals surface area contributed by atoms with Gasteiger partial charge in [-0.3, -0.25) is 0 Å². The fourth-order valence-electron chi connectivity index (χ4n) is 1.51. The molecule has 114 valence electrons. The molecule has 6 heteroatoms. The number of carbonyl (C=O) groups excluding carboxylic acids is 1. The van der Waals surface area contributed by atoms with Crippen LogP contribution in [-0.4, -0.2) is 18.1 Å². The second-order valence-electron chi connectivity index (χ2n) is 4.64. The number of hydrogen-bond acceptors (Lipinski definition) is 4. The summed E-state index contributed by atoms with van der Waals surface area (Å²) >= 11 is 12.1. The molecular formula is C15H18Cl2N2O2. The molecule has 0 spiro atoms. The molecule has 0 fully saturated rings. The molecule has 1 rings (SSSR count). The topological polar surface area (TPSA) is 51.0 Å². The molecule has 0 amide bonds. The van der Waals surface area contributed by atoms with Gasteiger partial charge < -0.3 is 4.74 Å². The SMILES string of the molecule is COC(=O)/C=C/CCCC(C)(Cl)N=Nc1ccc(Cl)cc1. The molecule has 0 bridgehead atoms. The number of rotatable bonds is 7. The molecule has 1 unspecified atom stereocenters. The minimum absolute atomic E-state index is 0.355. The lowest BCUT2D eigenvalue weighted by Gasteiger charge is -2.14. The van der Waals surface area contributed by atoms with Crippen molar-refractivity contribution in [2.45, 2.75) is 31.2 Å². The van der Waals surface area contributed by atoms with E-state index in [0.717, 1.165) is 12.8 Å². The number of allylic oxidation sites excluding steroid dienone is 1. The first kappa shape index (κ1) is 17.7. The van der Waals surface area contributed by atoms with Crippen molar-refractivity contribution in [3.8, 4) is 0 Å². The number of hydrogen-bond donors (Lipinski definition) is 0. The van der Waals surface area contributed by atoms with Gasteiger partial charge in [-0.15, -0.1) is 0 Å². The standard InChI is InChI=1S/C15H18Cl2N2O2/c1-15(17,11-5-3-4-6-14(20)21-2)19-18-13-9-7-12(16)8-10-13/h4,6-10H,3,5,11H2,1-2H3/b6-4+,19-18?. The summed E-state index contributed by atoms with van der Waals surface area (Å²) in [5, 5.41) is 8.89. The summed E-state index contributed by atoms with van der Waals surface area (Å²) in [4.78, 5) is 10.1. The average Bonchev–Trinajstić information content (AvgIpc) is 2.46. The van der Waals surface area contributed by atoms with Gasteiger partial charge in [-0.05, 0) is 50.5 Å². The minimum Gasteiger partial charge on any atom is -0.466 e. The molecule has 1 aromatic carbocycles. The molecule has 21 heavy (non-hydrogen) atoms. The van der Waals surface area contributed by atoms with E-state index >= 15 is 0 Å². The van der Waals surface area contributed by atoms with E-state index in [1.807, 2.05) is 0 Å². The lowest BCUT2D eigenvalue weighted by Crippen LogP contribution is -2.11. The fraction of sp³-hybridized carbons (Fsp3) is 0.400. The van der Waals surface area contributed by atoms with Crippen LogP contribution >= 0.6 is 23.2 Å². The predicted molar refractivity (Wildman–Crippen MR) is 85.2 cm³/mol. The molecule has 1 aromatic rings. The second-order valence-corrected chi connectivity index (χ2v) is 5.89. The lowest BCUT2D eigenvalue weighted by molar-refractivity contribution is -0.134. The first-order valence-electron chi connectivity index (χ1n) is 6.55. The monoisotopic (exact) mass is 328 g/mol. The molecule has 0 aliphatic carbocycles. The molecule has 1 atom stereocenters. The number of alkyl halides is 1. The Morgan fingerprint density at radius 1 is 1.38 bits per heavy atom. The van der Waals surface area contributed by atoms with Gasteiger partial charge in [0.15, 0.2) is 5.00 Å². The number of ether oxygens (including phenoxy) is 1. The van der Waals surface area contributed by atoms with Crippen molar-refractivity contribution in [1.82, 2.24) is 0 Å². The van der Waals surface area contributed by atoms with Crippen molar-refractivity contribution >= 4 is 34.9 Å². The molecule has 4 nitrogen and oxygen atoms in total. The Hall–Kier alpha value is -1.39. The Kier molecular flexibility index (Phi) is 7.40. The van der Waals surface area contributed by atoms with Crippen LogP contribution < -0.4 is 0 Å². The van der Waals surface area contributed by atoms with Crippen molar-refractivity contribution in [2.75, 3.05) is 7.11 Å². The fourth-order valence-corrected chi connectivity index (χ4v) is 1.81. The van der Waals surface area contributed by atoms with Gasteiger partial charge in [-0.2, -0.15) is 10.2 Å². The summed E-state index contributed by atoms with van der Waals surface area (Å²) in [7, 11) is 1.35. The van der Waals surface area contributed by atoms with Gasteiger partial charge in [-0.25, -0.2) is 4.79 Å². The van der Waals surface area contributed by atoms with Crippen LogP contribution in [0.5, 0.6) is 0 Å². The van der Waals surface area contributed by atoms with Crippen LogP contribution in [0, 0.1) is 0 Å². The normalized spacial score (nSPS) is 14.5. The summed E-state index contributed by atoms with van der Waals surface area (Å²) in [6, 6.07) is 7.05. The van der Waals surface area contributed by atoms with Crippen LogP contribution in [0.25, 0.3) is 0 Å². The van der Waals surface area contributed by atoms with Crippen molar-refractivity contribution in [1.29, 1.82) is 0 Å². The number of benzene rings is 1. The molecule has 0 aliphatic heterocycles. The third kappa shape index (κ3) is 7.83. The van der Waals surface area contributed by atoms with Crippen LogP contribution in [0.1, 0.15) is 26.2 Å². The van der Waals surface area contributed by atoms with E-state index in [2.05, 4.69) is 15.0 Å². The quantitative estimate of drug-likeness (QED) is 0.171. The summed E-state index contributed by atoms with van der Waals surface area (Å²) in [5.41, 5.74) is 0.705. The van der Waals surface area contributed by atoms with Gasteiger partial charge in [0, 0.05) is 11.1 Å². The van der Waals surface area contributed by atoms with Crippen LogP contribution in [0.15, 0.2) is 46.6 Å². The molecule has 0 heterocycles. The van der Waals surface area contributed by atoms with E-state index in [0.29, 0.717) is 17.1 Å². The third-order valence-corrected chi connectivity index (χ3v) is 3.18. The maximum absolute atomic E-state index is 10.9. The number of esters is 1. The third-order valence-electron chi connectivity index (χ3n) is 2.66. The zero-order chi connectivity index (χ0) is 15.7. The molecule has 0 radical (unpaired) electrons. The van der Waals surface area contributed by atoms with E-state index in [4.69, 9.17) is 23.2 Å². The highest BCUT2D eigenvalue weighted by Crippen LogP contribution is 2.26.